The number of anilines is 3. The van der Waals surface area contributed by atoms with E-state index in [0.29, 0.717) is 59.2 Å². The lowest BCUT2D eigenvalue weighted by Gasteiger charge is -2.36. The van der Waals surface area contributed by atoms with Crippen molar-refractivity contribution in [3.63, 3.8) is 0 Å². The molecule has 51 heavy (non-hydrogen) atoms. The highest BCUT2D eigenvalue weighted by Gasteiger charge is 2.40. The van der Waals surface area contributed by atoms with E-state index < -0.39 is 35.7 Å². The van der Waals surface area contributed by atoms with E-state index in [2.05, 4.69) is 20.2 Å². The molecular formula is C37H33ClF3N7O3. The number of rotatable bonds is 8. The number of piperazine rings is 1. The lowest BCUT2D eigenvalue weighted by atomic mass is 10.0. The second kappa shape index (κ2) is 14.1. The summed E-state index contributed by atoms with van der Waals surface area (Å²) in [5, 5.41) is 3.55. The molecule has 7 rings (SSSR count). The molecular weight excluding hydrogens is 683 g/mol. The normalized spacial score (nSPS) is 17.6. The molecule has 4 heterocycles. The Bertz CT molecular complexity index is 2140. The number of carbonyl (C=O) groups is 3. The summed E-state index contributed by atoms with van der Waals surface area (Å²) in [5.41, 5.74) is 2.46. The van der Waals surface area contributed by atoms with Crippen LogP contribution in [0.15, 0.2) is 79.3 Å². The maximum Gasteiger partial charge on any atom is 0.247 e. The highest BCUT2D eigenvalue weighted by molar-refractivity contribution is 6.33. The summed E-state index contributed by atoms with van der Waals surface area (Å²) in [6.45, 7) is 3.40. The molecule has 2 atom stereocenters. The van der Waals surface area contributed by atoms with Crippen LogP contribution in [0.25, 0.3) is 22.0 Å². The van der Waals surface area contributed by atoms with Crippen LogP contribution in [0.2, 0.25) is 5.02 Å². The summed E-state index contributed by atoms with van der Waals surface area (Å²) in [6, 6.07) is 15.7. The molecule has 1 N–H and O–H groups in total. The standard InChI is InChI=1S/C37H33ClF3N7O3/c1-22(49)29-20-47(32-10-9-25(16-28(29)32)45-11-13-46(14-12-45)37-42-17-24(40)18-43-37)21-34(50)48-19-23(39)15-33(48)36(51)44-31-8-4-6-27(35(31)41)26-5-2-3-7-30(26)38/h2-10,16-18,20,23,33H,11-15,19,21H2,1H3,(H,44,51). The van der Waals surface area contributed by atoms with Crippen molar-refractivity contribution < 1.29 is 27.6 Å². The predicted octanol–water partition coefficient (Wildman–Crippen LogP) is 6.14. The number of ketones is 1. The maximum atomic E-state index is 15.6. The van der Waals surface area contributed by atoms with Crippen LogP contribution in [0.5, 0.6) is 0 Å². The molecule has 2 aliphatic rings. The van der Waals surface area contributed by atoms with E-state index in [9.17, 15) is 23.2 Å². The van der Waals surface area contributed by atoms with E-state index in [1.807, 2.05) is 23.1 Å². The predicted molar refractivity (Wildman–Crippen MR) is 189 cm³/mol. The summed E-state index contributed by atoms with van der Waals surface area (Å²) in [6.07, 6.45) is 2.20. The Kier molecular flexibility index (Phi) is 9.38. The van der Waals surface area contributed by atoms with Crippen LogP contribution < -0.4 is 15.1 Å². The number of carbonyl (C=O) groups excluding carboxylic acids is 3. The van der Waals surface area contributed by atoms with Gasteiger partial charge in [0.15, 0.2) is 17.4 Å². The first kappa shape index (κ1) is 34.0. The van der Waals surface area contributed by atoms with Crippen LogP contribution in [0, 0.1) is 11.6 Å². The topological polar surface area (TPSA) is 104 Å². The number of hydrogen-bond donors (Lipinski definition) is 1. The van der Waals surface area contributed by atoms with Gasteiger partial charge in [-0.05, 0) is 37.3 Å². The minimum Gasteiger partial charge on any atom is -0.368 e. The van der Waals surface area contributed by atoms with Crippen LogP contribution in [0.4, 0.5) is 30.5 Å². The first-order valence-electron chi connectivity index (χ1n) is 16.5. The molecule has 0 saturated carbocycles. The maximum absolute atomic E-state index is 15.6. The van der Waals surface area contributed by atoms with Gasteiger partial charge in [-0.2, -0.15) is 0 Å². The van der Waals surface area contributed by atoms with Crippen molar-refractivity contribution in [3.8, 4) is 11.1 Å². The van der Waals surface area contributed by atoms with Crippen LogP contribution >= 0.6 is 11.6 Å². The molecule has 2 unspecified atom stereocenters. The van der Waals surface area contributed by atoms with Crippen molar-refractivity contribution in [3.05, 3.63) is 101 Å². The first-order valence-corrected chi connectivity index (χ1v) is 16.8. The summed E-state index contributed by atoms with van der Waals surface area (Å²) in [7, 11) is 0. The van der Waals surface area contributed by atoms with Crippen LogP contribution in [0.3, 0.4) is 0 Å². The van der Waals surface area contributed by atoms with Crippen LogP contribution in [0.1, 0.15) is 23.7 Å². The molecule has 5 aromatic rings. The van der Waals surface area contributed by atoms with Gasteiger partial charge in [0.05, 0.1) is 24.6 Å². The highest BCUT2D eigenvalue weighted by Crippen LogP contribution is 2.34. The molecule has 0 bridgehead atoms. The van der Waals surface area contributed by atoms with Gasteiger partial charge < -0.3 is 24.6 Å². The molecule has 262 valence electrons. The van der Waals surface area contributed by atoms with E-state index in [1.165, 1.54) is 17.9 Å². The number of amides is 2. The summed E-state index contributed by atoms with van der Waals surface area (Å²) >= 11 is 6.28. The molecule has 2 amide bonds. The number of hydrogen-bond acceptors (Lipinski definition) is 7. The highest BCUT2D eigenvalue weighted by atomic mass is 35.5. The van der Waals surface area contributed by atoms with Crippen LogP contribution in [-0.2, 0) is 16.1 Å². The number of fused-ring (bicyclic) bond motifs is 1. The second-order valence-electron chi connectivity index (χ2n) is 12.6. The Morgan fingerprint density at radius 1 is 0.922 bits per heavy atom. The third kappa shape index (κ3) is 6.85. The Morgan fingerprint density at radius 2 is 1.63 bits per heavy atom. The average Bonchev–Trinajstić information content (AvgIpc) is 3.70. The Labute approximate surface area is 296 Å². The minimum atomic E-state index is -1.45. The van der Waals surface area contributed by atoms with Gasteiger partial charge in [-0.1, -0.05) is 41.9 Å². The third-order valence-corrected chi connectivity index (χ3v) is 9.71. The SMILES string of the molecule is CC(=O)c1cn(CC(=O)N2CC(F)CC2C(=O)Nc2cccc(-c3ccccc3Cl)c2F)c2ccc(N3CCN(c4ncc(F)cn4)CC3)cc12. The number of alkyl halides is 1. The number of nitrogens with one attached hydrogen (secondary N) is 1. The summed E-state index contributed by atoms with van der Waals surface area (Å²) in [4.78, 5) is 53.4. The van der Waals surface area contributed by atoms with Gasteiger partial charge in [-0.25, -0.2) is 23.1 Å². The van der Waals surface area contributed by atoms with Gasteiger partial charge in [-0.15, -0.1) is 0 Å². The zero-order valence-electron chi connectivity index (χ0n) is 27.5. The molecule has 10 nitrogen and oxygen atoms in total. The van der Waals surface area contributed by atoms with Gasteiger partial charge in [0, 0.05) is 77.1 Å². The van der Waals surface area contributed by atoms with Gasteiger partial charge in [-0.3, -0.25) is 14.4 Å². The Balaban J connectivity index is 1.07. The molecule has 2 aromatic heterocycles. The van der Waals surface area contributed by atoms with Crippen molar-refractivity contribution in [2.45, 2.75) is 32.1 Å². The average molecular weight is 716 g/mol. The van der Waals surface area contributed by atoms with Crippen molar-refractivity contribution in [1.29, 1.82) is 0 Å². The molecule has 0 radical (unpaired) electrons. The van der Waals surface area contributed by atoms with Crippen LogP contribution in [-0.4, -0.2) is 82.0 Å². The fraction of sp³-hybridized carbons (Fsp3) is 0.270. The van der Waals surface area contributed by atoms with Crippen molar-refractivity contribution in [2.75, 3.05) is 47.8 Å². The molecule has 3 aromatic carbocycles. The number of Topliss-reactive ketones (excluding diaryl/α,β-unsaturated/α-hetero) is 1. The number of aromatic nitrogens is 3. The number of likely N-dealkylation sites (tertiary alicyclic amines) is 1. The Morgan fingerprint density at radius 3 is 2.35 bits per heavy atom. The fourth-order valence-electron chi connectivity index (χ4n) is 6.80. The van der Waals surface area contributed by atoms with E-state index in [-0.39, 0.29) is 36.5 Å². The second-order valence-corrected chi connectivity index (χ2v) is 13.0. The third-order valence-electron chi connectivity index (χ3n) is 9.38. The zero-order valence-corrected chi connectivity index (χ0v) is 28.3. The van der Waals surface area contributed by atoms with E-state index in [4.69, 9.17) is 11.6 Å². The fourth-order valence-corrected chi connectivity index (χ4v) is 7.04. The van der Waals surface area contributed by atoms with Crippen molar-refractivity contribution in [1.82, 2.24) is 19.4 Å². The van der Waals surface area contributed by atoms with E-state index >= 15 is 4.39 Å². The largest absolute Gasteiger partial charge is 0.368 e. The quantitative estimate of drug-likeness (QED) is 0.193. The van der Waals surface area contributed by atoms with Gasteiger partial charge in [0.2, 0.25) is 17.8 Å². The molecule has 2 aliphatic heterocycles. The summed E-state index contributed by atoms with van der Waals surface area (Å²) < 4.78 is 45.3. The van der Waals surface area contributed by atoms with Gasteiger partial charge in [0.25, 0.3) is 0 Å². The molecule has 14 heteroatoms. The molecule has 2 saturated heterocycles. The summed E-state index contributed by atoms with van der Waals surface area (Å²) in [5.74, 6) is -2.16. The number of nitrogens with zero attached hydrogens (tertiary/aromatic N) is 6. The zero-order chi connectivity index (χ0) is 35.8. The number of benzene rings is 3. The first-order chi connectivity index (χ1) is 24.6. The van der Waals surface area contributed by atoms with E-state index in [0.717, 1.165) is 18.1 Å². The van der Waals surface area contributed by atoms with Gasteiger partial charge in [0.1, 0.15) is 18.8 Å². The lowest BCUT2D eigenvalue weighted by molar-refractivity contribution is -0.137. The van der Waals surface area contributed by atoms with E-state index in [1.54, 1.807) is 47.2 Å². The molecule has 0 spiro atoms. The van der Waals surface area contributed by atoms with Gasteiger partial charge >= 0.3 is 0 Å². The number of halogens is 4. The van der Waals surface area contributed by atoms with Crippen molar-refractivity contribution >= 4 is 57.4 Å². The minimum absolute atomic E-state index is 0.115. The monoisotopic (exact) mass is 715 g/mol. The Hall–Kier alpha value is -5.43. The molecule has 2 fully saturated rings. The van der Waals surface area contributed by atoms with Crippen molar-refractivity contribution in [2.24, 2.45) is 0 Å². The lowest BCUT2D eigenvalue weighted by Crippen LogP contribution is -2.47. The smallest absolute Gasteiger partial charge is 0.247 e. The molecule has 0 aliphatic carbocycles.